The number of pyridine rings is 2. The summed E-state index contributed by atoms with van der Waals surface area (Å²) in [6.45, 7) is 0. The lowest BCUT2D eigenvalue weighted by Crippen LogP contribution is -2.19. The molecule has 29 heavy (non-hydrogen) atoms. The van der Waals surface area contributed by atoms with E-state index in [4.69, 9.17) is 11.6 Å². The fourth-order valence-corrected chi connectivity index (χ4v) is 3.77. The lowest BCUT2D eigenvalue weighted by Gasteiger charge is -2.10. The van der Waals surface area contributed by atoms with Gasteiger partial charge in [-0.25, -0.2) is 4.68 Å². The first kappa shape index (κ1) is 17.5. The molecular weight excluding hydrogens is 388 g/mol. The second-order valence-electron chi connectivity index (χ2n) is 6.74. The second kappa shape index (κ2) is 6.46. The molecule has 3 aromatic heterocycles. The van der Waals surface area contributed by atoms with Gasteiger partial charge in [-0.05, 0) is 42.5 Å². The normalized spacial score (nSPS) is 11.4. The largest absolute Gasteiger partial charge is 0.506 e. The van der Waals surface area contributed by atoms with Crippen molar-refractivity contribution in [3.05, 3.63) is 82.4 Å². The van der Waals surface area contributed by atoms with Gasteiger partial charge in [-0.1, -0.05) is 23.7 Å². The van der Waals surface area contributed by atoms with E-state index in [1.54, 1.807) is 54.5 Å². The lowest BCUT2D eigenvalue weighted by atomic mass is 10.1. The monoisotopic (exact) mass is 402 g/mol. The van der Waals surface area contributed by atoms with E-state index in [2.05, 4.69) is 10.1 Å². The number of aromatic nitrogens is 4. The average Bonchev–Trinajstić information content (AvgIpc) is 3.21. The van der Waals surface area contributed by atoms with Crippen LogP contribution >= 0.6 is 11.6 Å². The number of halogens is 1. The summed E-state index contributed by atoms with van der Waals surface area (Å²) in [4.78, 5) is 17.3. The minimum absolute atomic E-state index is 0.0691. The Morgan fingerprint density at radius 3 is 2.72 bits per heavy atom. The molecule has 0 saturated heterocycles. The molecule has 5 aromatic rings. The van der Waals surface area contributed by atoms with Crippen molar-refractivity contribution in [3.8, 4) is 22.7 Å². The van der Waals surface area contributed by atoms with Crippen molar-refractivity contribution in [3.63, 3.8) is 0 Å². The summed E-state index contributed by atoms with van der Waals surface area (Å²) >= 11 is 6.07. The van der Waals surface area contributed by atoms with Crippen LogP contribution in [0, 0.1) is 0 Å². The van der Waals surface area contributed by atoms with Gasteiger partial charge < -0.3 is 9.67 Å². The molecular formula is C22H15ClN4O2. The van der Waals surface area contributed by atoms with E-state index in [0.29, 0.717) is 21.6 Å². The first-order valence-electron chi connectivity index (χ1n) is 8.96. The van der Waals surface area contributed by atoms with Crippen LogP contribution in [-0.2, 0) is 7.05 Å². The van der Waals surface area contributed by atoms with E-state index in [1.807, 2.05) is 24.3 Å². The Bertz CT molecular complexity index is 1470. The molecule has 0 fully saturated rings. The zero-order valence-corrected chi connectivity index (χ0v) is 16.1. The van der Waals surface area contributed by atoms with E-state index in [9.17, 15) is 9.90 Å². The summed E-state index contributed by atoms with van der Waals surface area (Å²) in [7, 11) is 1.69. The number of hydrogen-bond donors (Lipinski definition) is 1. The predicted molar refractivity (Wildman–Crippen MR) is 114 cm³/mol. The van der Waals surface area contributed by atoms with Crippen molar-refractivity contribution < 1.29 is 5.11 Å². The van der Waals surface area contributed by atoms with Gasteiger partial charge in [-0.2, -0.15) is 5.10 Å². The van der Waals surface area contributed by atoms with Crippen molar-refractivity contribution in [2.45, 2.75) is 0 Å². The Morgan fingerprint density at radius 2 is 1.86 bits per heavy atom. The van der Waals surface area contributed by atoms with E-state index >= 15 is 0 Å². The Labute approximate surface area is 170 Å². The maximum absolute atomic E-state index is 12.9. The fourth-order valence-electron chi connectivity index (χ4n) is 3.61. The Morgan fingerprint density at radius 1 is 1.03 bits per heavy atom. The summed E-state index contributed by atoms with van der Waals surface area (Å²) < 4.78 is 3.19. The summed E-state index contributed by atoms with van der Waals surface area (Å²) in [5.74, 6) is -0.0691. The van der Waals surface area contributed by atoms with Crippen LogP contribution in [0.15, 0.2) is 71.8 Å². The van der Waals surface area contributed by atoms with Gasteiger partial charge in [0.25, 0.3) is 5.56 Å². The maximum Gasteiger partial charge on any atom is 0.264 e. The van der Waals surface area contributed by atoms with Crippen molar-refractivity contribution in [1.29, 1.82) is 0 Å². The van der Waals surface area contributed by atoms with Crippen LogP contribution < -0.4 is 5.56 Å². The third kappa shape index (κ3) is 2.68. The van der Waals surface area contributed by atoms with E-state index < -0.39 is 0 Å². The third-order valence-electron chi connectivity index (χ3n) is 5.05. The van der Waals surface area contributed by atoms with Crippen LogP contribution in [0.3, 0.4) is 0 Å². The maximum atomic E-state index is 12.9. The molecule has 0 aliphatic heterocycles. The molecule has 0 amide bonds. The molecule has 5 rings (SSSR count). The fraction of sp³-hybridized carbons (Fsp3) is 0.0455. The molecule has 0 aliphatic carbocycles. The topological polar surface area (TPSA) is 72.9 Å². The molecule has 0 radical (unpaired) electrons. The summed E-state index contributed by atoms with van der Waals surface area (Å²) in [5, 5.41) is 17.5. The number of nitrogens with zero attached hydrogens (tertiary/aromatic N) is 4. The zero-order valence-electron chi connectivity index (χ0n) is 15.4. The lowest BCUT2D eigenvalue weighted by molar-refractivity contribution is 0.481. The van der Waals surface area contributed by atoms with Gasteiger partial charge in [0.1, 0.15) is 17.0 Å². The van der Waals surface area contributed by atoms with E-state index in [0.717, 1.165) is 16.6 Å². The average molecular weight is 403 g/mol. The molecule has 0 atom stereocenters. The number of fused-ring (bicyclic) bond motifs is 2. The Balaban J connectivity index is 1.72. The molecule has 0 saturated carbocycles. The number of rotatable bonds is 2. The van der Waals surface area contributed by atoms with Gasteiger partial charge in [0, 0.05) is 35.2 Å². The minimum atomic E-state index is -0.308. The predicted octanol–water partition coefficient (Wildman–Crippen LogP) is 4.30. The SMILES string of the molecule is Cn1c(=O)c(-c2ccn(-c3ccnc4cc(Cl)ccc34)n2)c(O)c2ccccc21. The molecule has 0 unspecified atom stereocenters. The molecule has 142 valence electrons. The molecule has 7 heteroatoms. The molecule has 6 nitrogen and oxygen atoms in total. The van der Waals surface area contributed by atoms with Crippen LogP contribution in [0.4, 0.5) is 0 Å². The number of aryl methyl sites for hydroxylation is 1. The van der Waals surface area contributed by atoms with Crippen LogP contribution in [0.2, 0.25) is 5.02 Å². The molecule has 1 N–H and O–H groups in total. The van der Waals surface area contributed by atoms with E-state index in [-0.39, 0.29) is 16.9 Å². The second-order valence-corrected chi connectivity index (χ2v) is 7.18. The molecule has 3 heterocycles. The highest BCUT2D eigenvalue weighted by Crippen LogP contribution is 2.32. The summed E-state index contributed by atoms with van der Waals surface area (Å²) in [6, 6.07) is 16.3. The first-order valence-corrected chi connectivity index (χ1v) is 9.34. The standard InChI is InChI=1S/C22H15ClN4O2/c1-26-18-5-3-2-4-15(18)21(28)20(22(26)29)16-9-11-27(25-16)19-8-10-24-17-12-13(23)6-7-14(17)19/h2-12,28H,1H3. The highest BCUT2D eigenvalue weighted by Gasteiger charge is 2.19. The van der Waals surface area contributed by atoms with E-state index in [1.165, 1.54) is 4.57 Å². The van der Waals surface area contributed by atoms with Gasteiger partial charge in [0.05, 0.1) is 16.7 Å². The van der Waals surface area contributed by atoms with Gasteiger partial charge in [0.2, 0.25) is 0 Å². The van der Waals surface area contributed by atoms with Crippen LogP contribution in [0.5, 0.6) is 5.75 Å². The molecule has 0 spiro atoms. The first-order chi connectivity index (χ1) is 14.0. The zero-order chi connectivity index (χ0) is 20.1. The molecule has 0 aliphatic rings. The van der Waals surface area contributed by atoms with Gasteiger partial charge in [0.15, 0.2) is 0 Å². The van der Waals surface area contributed by atoms with Gasteiger partial charge in [-0.3, -0.25) is 9.78 Å². The van der Waals surface area contributed by atoms with Crippen molar-refractivity contribution >= 4 is 33.4 Å². The van der Waals surface area contributed by atoms with Crippen LogP contribution in [0.25, 0.3) is 38.8 Å². The molecule has 2 aromatic carbocycles. The quantitative estimate of drug-likeness (QED) is 0.478. The number of aromatic hydroxyl groups is 1. The van der Waals surface area contributed by atoms with Crippen molar-refractivity contribution in [2.75, 3.05) is 0 Å². The minimum Gasteiger partial charge on any atom is -0.506 e. The van der Waals surface area contributed by atoms with Crippen molar-refractivity contribution in [2.24, 2.45) is 7.05 Å². The summed E-state index contributed by atoms with van der Waals surface area (Å²) in [6.07, 6.45) is 3.44. The van der Waals surface area contributed by atoms with Crippen LogP contribution in [0.1, 0.15) is 0 Å². The highest BCUT2D eigenvalue weighted by molar-refractivity contribution is 6.31. The van der Waals surface area contributed by atoms with Crippen LogP contribution in [-0.4, -0.2) is 24.4 Å². The smallest absolute Gasteiger partial charge is 0.264 e. The Kier molecular flexibility index (Phi) is 3.89. The summed E-state index contributed by atoms with van der Waals surface area (Å²) in [5.41, 5.74) is 2.47. The van der Waals surface area contributed by atoms with Gasteiger partial charge in [-0.15, -0.1) is 0 Å². The highest BCUT2D eigenvalue weighted by atomic mass is 35.5. The number of para-hydroxylation sites is 1. The Hall–Kier alpha value is -3.64. The third-order valence-corrected chi connectivity index (χ3v) is 5.28. The number of hydrogen-bond acceptors (Lipinski definition) is 4. The number of benzene rings is 2. The molecule has 0 bridgehead atoms. The van der Waals surface area contributed by atoms with Crippen molar-refractivity contribution in [1.82, 2.24) is 19.3 Å². The van der Waals surface area contributed by atoms with Gasteiger partial charge >= 0.3 is 0 Å².